The summed E-state index contributed by atoms with van der Waals surface area (Å²) in [7, 11) is 0. The van der Waals surface area contributed by atoms with Crippen molar-refractivity contribution in [1.82, 2.24) is 5.43 Å². The molecule has 160 valence electrons. The fourth-order valence-corrected chi connectivity index (χ4v) is 2.89. The number of aryl methyl sites for hydroxylation is 1. The van der Waals surface area contributed by atoms with Crippen molar-refractivity contribution >= 4 is 17.8 Å². The van der Waals surface area contributed by atoms with Crippen LogP contribution in [0.1, 0.15) is 23.6 Å². The molecule has 0 aliphatic heterocycles. The van der Waals surface area contributed by atoms with Crippen molar-refractivity contribution in [2.45, 2.75) is 20.5 Å². The molecule has 1 amide bonds. The van der Waals surface area contributed by atoms with E-state index < -0.39 is 0 Å². The van der Waals surface area contributed by atoms with E-state index in [4.69, 9.17) is 9.47 Å². The van der Waals surface area contributed by atoms with Crippen LogP contribution in [-0.4, -0.2) is 25.3 Å². The lowest BCUT2D eigenvalue weighted by Gasteiger charge is -2.12. The van der Waals surface area contributed by atoms with Crippen LogP contribution in [-0.2, 0) is 11.4 Å². The van der Waals surface area contributed by atoms with Crippen LogP contribution < -0.4 is 20.2 Å². The third-order valence-electron chi connectivity index (χ3n) is 4.49. The zero-order valence-electron chi connectivity index (χ0n) is 17.8. The van der Waals surface area contributed by atoms with Gasteiger partial charge in [0.1, 0.15) is 6.61 Å². The van der Waals surface area contributed by atoms with Gasteiger partial charge in [-0.1, -0.05) is 48.5 Å². The molecule has 0 spiro atoms. The predicted molar refractivity (Wildman–Crippen MR) is 124 cm³/mol. The predicted octanol–water partition coefficient (Wildman–Crippen LogP) is 4.53. The summed E-state index contributed by atoms with van der Waals surface area (Å²) in [6.07, 6.45) is 1.58. The second-order valence-corrected chi connectivity index (χ2v) is 6.88. The number of nitrogens with one attached hydrogen (secondary N) is 2. The van der Waals surface area contributed by atoms with Gasteiger partial charge in [-0.25, -0.2) is 5.43 Å². The number of amides is 1. The fourth-order valence-electron chi connectivity index (χ4n) is 2.89. The van der Waals surface area contributed by atoms with E-state index in [-0.39, 0.29) is 12.5 Å². The zero-order valence-corrected chi connectivity index (χ0v) is 17.8. The fraction of sp³-hybridized carbons (Fsp3) is 0.200. The minimum atomic E-state index is -0.229. The van der Waals surface area contributed by atoms with Crippen LogP contribution in [0.15, 0.2) is 77.9 Å². The molecule has 0 atom stereocenters. The van der Waals surface area contributed by atoms with Gasteiger partial charge >= 0.3 is 0 Å². The summed E-state index contributed by atoms with van der Waals surface area (Å²) in [4.78, 5) is 12.0. The molecule has 0 radical (unpaired) electrons. The Kier molecular flexibility index (Phi) is 8.05. The molecular formula is C25H27N3O3. The van der Waals surface area contributed by atoms with Gasteiger partial charge in [-0.2, -0.15) is 5.10 Å². The molecule has 0 saturated heterocycles. The summed E-state index contributed by atoms with van der Waals surface area (Å²) < 4.78 is 11.6. The molecule has 0 aliphatic carbocycles. The van der Waals surface area contributed by atoms with Crippen molar-refractivity contribution in [3.63, 3.8) is 0 Å². The Hall–Kier alpha value is -3.80. The number of anilines is 1. The van der Waals surface area contributed by atoms with Crippen LogP contribution >= 0.6 is 0 Å². The molecule has 0 bridgehead atoms. The Morgan fingerprint density at radius 3 is 2.52 bits per heavy atom. The molecule has 0 aromatic heterocycles. The van der Waals surface area contributed by atoms with Crippen LogP contribution in [0, 0.1) is 6.92 Å². The molecule has 0 fully saturated rings. The monoisotopic (exact) mass is 417 g/mol. The maximum absolute atomic E-state index is 12.0. The Labute approximate surface area is 182 Å². The number of ether oxygens (including phenoxy) is 2. The second kappa shape index (κ2) is 11.4. The van der Waals surface area contributed by atoms with E-state index in [9.17, 15) is 4.79 Å². The summed E-state index contributed by atoms with van der Waals surface area (Å²) in [5.74, 6) is 1.07. The van der Waals surface area contributed by atoms with Gasteiger partial charge in [-0.15, -0.1) is 0 Å². The third-order valence-corrected chi connectivity index (χ3v) is 4.49. The molecule has 3 aromatic carbocycles. The van der Waals surface area contributed by atoms with Gasteiger partial charge in [-0.3, -0.25) is 4.79 Å². The third kappa shape index (κ3) is 6.89. The zero-order chi connectivity index (χ0) is 21.9. The van der Waals surface area contributed by atoms with Crippen molar-refractivity contribution < 1.29 is 14.3 Å². The van der Waals surface area contributed by atoms with Crippen LogP contribution in [0.2, 0.25) is 0 Å². The van der Waals surface area contributed by atoms with Gasteiger partial charge < -0.3 is 14.8 Å². The summed E-state index contributed by atoms with van der Waals surface area (Å²) in [5, 5.41) is 7.14. The normalized spacial score (nSPS) is 10.6. The lowest BCUT2D eigenvalue weighted by molar-refractivity contribution is -0.119. The van der Waals surface area contributed by atoms with Gasteiger partial charge in [-0.05, 0) is 54.8 Å². The number of hydrogen-bond donors (Lipinski definition) is 2. The smallest absolute Gasteiger partial charge is 0.259 e. The van der Waals surface area contributed by atoms with E-state index in [1.54, 1.807) is 6.21 Å². The van der Waals surface area contributed by atoms with Gasteiger partial charge in [0.25, 0.3) is 5.91 Å². The van der Waals surface area contributed by atoms with Crippen molar-refractivity contribution in [2.75, 3.05) is 18.5 Å². The maximum atomic E-state index is 12.0. The number of rotatable bonds is 10. The van der Waals surface area contributed by atoms with Gasteiger partial charge in [0, 0.05) is 5.69 Å². The molecule has 0 aliphatic rings. The van der Waals surface area contributed by atoms with E-state index >= 15 is 0 Å². The topological polar surface area (TPSA) is 72.0 Å². The molecule has 2 N–H and O–H groups in total. The largest absolute Gasteiger partial charge is 0.490 e. The Balaban J connectivity index is 1.55. The molecule has 0 saturated carbocycles. The van der Waals surface area contributed by atoms with E-state index in [0.717, 1.165) is 22.4 Å². The average molecular weight is 418 g/mol. The number of para-hydroxylation sites is 1. The Morgan fingerprint density at radius 2 is 1.74 bits per heavy atom. The van der Waals surface area contributed by atoms with Crippen LogP contribution in [0.25, 0.3) is 0 Å². The highest BCUT2D eigenvalue weighted by molar-refractivity contribution is 5.85. The first kappa shape index (κ1) is 21.9. The van der Waals surface area contributed by atoms with E-state index in [1.807, 2.05) is 86.6 Å². The lowest BCUT2D eigenvalue weighted by Crippen LogP contribution is -2.26. The van der Waals surface area contributed by atoms with Gasteiger partial charge in [0.15, 0.2) is 11.5 Å². The highest BCUT2D eigenvalue weighted by atomic mass is 16.5. The summed E-state index contributed by atoms with van der Waals surface area (Å²) in [6.45, 7) is 5.02. The number of hydrazone groups is 1. The van der Waals surface area contributed by atoms with Gasteiger partial charge in [0.05, 0.1) is 19.4 Å². The van der Waals surface area contributed by atoms with Crippen LogP contribution in [0.5, 0.6) is 11.5 Å². The molecule has 3 aromatic rings. The van der Waals surface area contributed by atoms with Crippen molar-refractivity contribution in [1.29, 1.82) is 0 Å². The first-order valence-electron chi connectivity index (χ1n) is 10.2. The summed E-state index contributed by atoms with van der Waals surface area (Å²) in [6, 6.07) is 23.3. The van der Waals surface area contributed by atoms with Gasteiger partial charge in [0.2, 0.25) is 0 Å². The lowest BCUT2D eigenvalue weighted by atomic mass is 10.2. The Morgan fingerprint density at radius 1 is 0.968 bits per heavy atom. The van der Waals surface area contributed by atoms with E-state index in [2.05, 4.69) is 15.8 Å². The number of nitrogens with zero attached hydrogens (tertiary/aromatic N) is 1. The number of carbonyl (C=O) groups excluding carboxylic acids is 1. The SMILES string of the molecule is CCOc1cc(/C=N/NC(=O)CNc2ccccc2C)ccc1OCc1ccccc1. The quantitative estimate of drug-likeness (QED) is 0.375. The summed E-state index contributed by atoms with van der Waals surface area (Å²) in [5.41, 5.74) is 6.41. The molecular weight excluding hydrogens is 390 g/mol. The molecule has 6 nitrogen and oxygen atoms in total. The number of carbonyl (C=O) groups is 1. The highest BCUT2D eigenvalue weighted by Crippen LogP contribution is 2.28. The molecule has 31 heavy (non-hydrogen) atoms. The van der Waals surface area contributed by atoms with Crippen molar-refractivity contribution in [2.24, 2.45) is 5.10 Å². The maximum Gasteiger partial charge on any atom is 0.259 e. The molecule has 0 unspecified atom stereocenters. The number of benzene rings is 3. The first-order chi connectivity index (χ1) is 15.2. The van der Waals surface area contributed by atoms with E-state index in [1.165, 1.54) is 0 Å². The van der Waals surface area contributed by atoms with Crippen molar-refractivity contribution in [3.05, 3.63) is 89.5 Å². The standard InChI is InChI=1S/C25H27N3O3/c1-3-30-24-15-21(13-14-23(24)31-18-20-10-5-4-6-11-20)16-27-28-25(29)17-26-22-12-8-7-9-19(22)2/h4-16,26H,3,17-18H2,1-2H3,(H,28,29)/b27-16+. The van der Waals surface area contributed by atoms with Crippen LogP contribution in [0.4, 0.5) is 5.69 Å². The van der Waals surface area contributed by atoms with Crippen molar-refractivity contribution in [3.8, 4) is 11.5 Å². The first-order valence-corrected chi connectivity index (χ1v) is 10.2. The minimum Gasteiger partial charge on any atom is -0.490 e. The highest BCUT2D eigenvalue weighted by Gasteiger charge is 2.07. The second-order valence-electron chi connectivity index (χ2n) is 6.88. The minimum absolute atomic E-state index is 0.138. The average Bonchev–Trinajstić information content (AvgIpc) is 2.79. The molecule has 6 heteroatoms. The number of hydrogen-bond acceptors (Lipinski definition) is 5. The Bertz CT molecular complexity index is 1020. The summed E-state index contributed by atoms with van der Waals surface area (Å²) >= 11 is 0. The van der Waals surface area contributed by atoms with E-state index in [0.29, 0.717) is 24.7 Å². The molecule has 3 rings (SSSR count). The molecule has 0 heterocycles. The van der Waals surface area contributed by atoms with Crippen LogP contribution in [0.3, 0.4) is 0 Å².